The van der Waals surface area contributed by atoms with Gasteiger partial charge in [-0.2, -0.15) is 0 Å². The first-order valence-corrected chi connectivity index (χ1v) is 6.55. The molecule has 0 unspecified atom stereocenters. The van der Waals surface area contributed by atoms with Crippen molar-refractivity contribution in [2.75, 3.05) is 26.2 Å². The number of hydrogen-bond acceptors (Lipinski definition) is 2. The van der Waals surface area contributed by atoms with Gasteiger partial charge >= 0.3 is 0 Å². The number of nitrogens with zero attached hydrogens (tertiary/aromatic N) is 1. The molecule has 1 aliphatic heterocycles. The van der Waals surface area contributed by atoms with Crippen LogP contribution in [0.25, 0.3) is 0 Å². The highest BCUT2D eigenvalue weighted by molar-refractivity contribution is 5.33. The molecular formula is C15H24N2. The van der Waals surface area contributed by atoms with Crippen LogP contribution in [0.4, 0.5) is 0 Å². The molecule has 0 spiro atoms. The van der Waals surface area contributed by atoms with E-state index >= 15 is 0 Å². The topological polar surface area (TPSA) is 15.3 Å². The van der Waals surface area contributed by atoms with Gasteiger partial charge in [-0.25, -0.2) is 0 Å². The largest absolute Gasteiger partial charge is 0.314 e. The van der Waals surface area contributed by atoms with Crippen LogP contribution in [0, 0.1) is 13.8 Å². The normalized spacial score (nSPS) is 18.4. The number of piperazine rings is 1. The maximum atomic E-state index is 3.42. The molecule has 0 saturated carbocycles. The monoisotopic (exact) mass is 232 g/mol. The van der Waals surface area contributed by atoms with Crippen molar-refractivity contribution in [3.05, 3.63) is 34.9 Å². The molecule has 0 atom stereocenters. The Morgan fingerprint density at radius 2 is 1.71 bits per heavy atom. The molecule has 1 N–H and O–H groups in total. The van der Waals surface area contributed by atoms with Crippen molar-refractivity contribution in [2.24, 2.45) is 0 Å². The summed E-state index contributed by atoms with van der Waals surface area (Å²) in [5.41, 5.74) is 4.35. The van der Waals surface area contributed by atoms with Gasteiger partial charge in [0.05, 0.1) is 0 Å². The van der Waals surface area contributed by atoms with Gasteiger partial charge < -0.3 is 5.32 Å². The molecule has 0 aliphatic carbocycles. The number of rotatable bonds is 2. The molecule has 2 rings (SSSR count). The molecule has 17 heavy (non-hydrogen) atoms. The third-order valence-electron chi connectivity index (χ3n) is 4.12. The van der Waals surface area contributed by atoms with Crippen molar-refractivity contribution in [2.45, 2.75) is 33.2 Å². The summed E-state index contributed by atoms with van der Waals surface area (Å²) in [5.74, 6) is 0. The van der Waals surface area contributed by atoms with Gasteiger partial charge in [-0.05, 0) is 44.4 Å². The minimum absolute atomic E-state index is 0.139. The first kappa shape index (κ1) is 12.6. The smallest absolute Gasteiger partial charge is 0.0405 e. The van der Waals surface area contributed by atoms with E-state index in [9.17, 15) is 0 Å². The van der Waals surface area contributed by atoms with E-state index in [4.69, 9.17) is 0 Å². The number of aryl methyl sites for hydroxylation is 2. The highest BCUT2D eigenvalue weighted by Crippen LogP contribution is 2.29. The summed E-state index contributed by atoms with van der Waals surface area (Å²) in [6, 6.07) is 6.87. The Hall–Kier alpha value is -0.860. The average molecular weight is 232 g/mol. The number of benzene rings is 1. The standard InChI is InChI=1S/C15H24N2/c1-12-5-6-14(11-13(12)2)15(3,4)17-9-7-16-8-10-17/h5-6,11,16H,7-10H2,1-4H3. The van der Waals surface area contributed by atoms with Gasteiger partial charge in [0.1, 0.15) is 0 Å². The van der Waals surface area contributed by atoms with E-state index in [1.54, 1.807) is 0 Å². The molecule has 1 aromatic carbocycles. The van der Waals surface area contributed by atoms with Crippen molar-refractivity contribution in [3.8, 4) is 0 Å². The van der Waals surface area contributed by atoms with Gasteiger partial charge in [0, 0.05) is 31.7 Å². The van der Waals surface area contributed by atoms with Gasteiger partial charge in [0.25, 0.3) is 0 Å². The van der Waals surface area contributed by atoms with Crippen LogP contribution in [0.1, 0.15) is 30.5 Å². The van der Waals surface area contributed by atoms with Crippen LogP contribution in [0.3, 0.4) is 0 Å². The Kier molecular flexibility index (Phi) is 3.55. The van der Waals surface area contributed by atoms with Crippen molar-refractivity contribution in [1.29, 1.82) is 0 Å². The number of nitrogens with one attached hydrogen (secondary N) is 1. The Balaban J connectivity index is 2.26. The predicted octanol–water partition coefficient (Wildman–Crippen LogP) is 2.44. The third-order valence-corrected chi connectivity index (χ3v) is 4.12. The van der Waals surface area contributed by atoms with Crippen LogP contribution in [-0.4, -0.2) is 31.1 Å². The summed E-state index contributed by atoms with van der Waals surface area (Å²) >= 11 is 0. The summed E-state index contributed by atoms with van der Waals surface area (Å²) in [5, 5.41) is 3.42. The molecule has 0 radical (unpaired) electrons. The average Bonchev–Trinajstić information content (AvgIpc) is 2.33. The molecule has 1 aromatic rings. The summed E-state index contributed by atoms with van der Waals surface area (Å²) in [7, 11) is 0. The number of hydrogen-bond donors (Lipinski definition) is 1. The minimum atomic E-state index is 0.139. The maximum Gasteiger partial charge on any atom is 0.0405 e. The molecule has 2 nitrogen and oxygen atoms in total. The second-order valence-electron chi connectivity index (χ2n) is 5.60. The van der Waals surface area contributed by atoms with Crippen LogP contribution in [0.15, 0.2) is 18.2 Å². The van der Waals surface area contributed by atoms with Crippen molar-refractivity contribution in [3.63, 3.8) is 0 Å². The quantitative estimate of drug-likeness (QED) is 0.842. The van der Waals surface area contributed by atoms with E-state index in [1.165, 1.54) is 16.7 Å². The Morgan fingerprint density at radius 1 is 1.06 bits per heavy atom. The van der Waals surface area contributed by atoms with E-state index in [2.05, 4.69) is 56.1 Å². The van der Waals surface area contributed by atoms with E-state index in [1.807, 2.05) is 0 Å². The highest BCUT2D eigenvalue weighted by Gasteiger charge is 2.29. The summed E-state index contributed by atoms with van der Waals surface area (Å²) < 4.78 is 0. The van der Waals surface area contributed by atoms with Crippen molar-refractivity contribution >= 4 is 0 Å². The van der Waals surface area contributed by atoms with E-state index in [0.717, 1.165) is 26.2 Å². The first-order valence-electron chi connectivity index (χ1n) is 6.55. The highest BCUT2D eigenvalue weighted by atomic mass is 15.2. The molecule has 94 valence electrons. The Bertz CT molecular complexity index is 390. The fraction of sp³-hybridized carbons (Fsp3) is 0.600. The molecule has 0 aromatic heterocycles. The zero-order valence-electron chi connectivity index (χ0n) is 11.5. The lowest BCUT2D eigenvalue weighted by molar-refractivity contribution is 0.102. The van der Waals surface area contributed by atoms with Gasteiger partial charge in [0.15, 0.2) is 0 Å². The lowest BCUT2D eigenvalue weighted by atomic mass is 9.89. The van der Waals surface area contributed by atoms with Gasteiger partial charge in [-0.1, -0.05) is 18.2 Å². The summed E-state index contributed by atoms with van der Waals surface area (Å²) in [6.07, 6.45) is 0. The summed E-state index contributed by atoms with van der Waals surface area (Å²) in [6.45, 7) is 13.5. The summed E-state index contributed by atoms with van der Waals surface area (Å²) in [4.78, 5) is 2.58. The van der Waals surface area contributed by atoms with Crippen LogP contribution in [0.5, 0.6) is 0 Å². The minimum Gasteiger partial charge on any atom is -0.314 e. The fourth-order valence-electron chi connectivity index (χ4n) is 2.53. The second-order valence-corrected chi connectivity index (χ2v) is 5.60. The Morgan fingerprint density at radius 3 is 2.29 bits per heavy atom. The van der Waals surface area contributed by atoms with Crippen molar-refractivity contribution < 1.29 is 0 Å². The van der Waals surface area contributed by atoms with Crippen LogP contribution in [0.2, 0.25) is 0 Å². The Labute approximate surface area is 105 Å². The predicted molar refractivity (Wildman–Crippen MR) is 73.4 cm³/mol. The second kappa shape index (κ2) is 4.79. The van der Waals surface area contributed by atoms with E-state index < -0.39 is 0 Å². The van der Waals surface area contributed by atoms with Gasteiger partial charge in [0.2, 0.25) is 0 Å². The maximum absolute atomic E-state index is 3.42. The fourth-order valence-corrected chi connectivity index (χ4v) is 2.53. The van der Waals surface area contributed by atoms with Crippen LogP contribution in [-0.2, 0) is 5.54 Å². The van der Waals surface area contributed by atoms with Crippen LogP contribution >= 0.6 is 0 Å². The van der Waals surface area contributed by atoms with Gasteiger partial charge in [-0.15, -0.1) is 0 Å². The lowest BCUT2D eigenvalue weighted by Crippen LogP contribution is -2.51. The van der Waals surface area contributed by atoms with Gasteiger partial charge in [-0.3, -0.25) is 4.90 Å². The molecular weight excluding hydrogens is 208 g/mol. The zero-order chi connectivity index (χ0) is 12.5. The molecule has 0 bridgehead atoms. The zero-order valence-corrected chi connectivity index (χ0v) is 11.5. The SMILES string of the molecule is Cc1ccc(C(C)(C)N2CCNCC2)cc1C. The molecule has 1 heterocycles. The molecule has 1 aliphatic rings. The molecule has 0 amide bonds. The molecule has 1 saturated heterocycles. The van der Waals surface area contributed by atoms with Crippen LogP contribution < -0.4 is 5.32 Å². The third kappa shape index (κ3) is 2.53. The molecule has 2 heteroatoms. The van der Waals surface area contributed by atoms with E-state index in [-0.39, 0.29) is 5.54 Å². The van der Waals surface area contributed by atoms with E-state index in [0.29, 0.717) is 0 Å². The molecule has 1 fully saturated rings. The first-order chi connectivity index (χ1) is 8.01. The lowest BCUT2D eigenvalue weighted by Gasteiger charge is -2.41. The van der Waals surface area contributed by atoms with Crippen molar-refractivity contribution in [1.82, 2.24) is 10.2 Å².